The molecule has 0 spiro atoms. The molecule has 0 aliphatic heterocycles. The fourth-order valence-electron chi connectivity index (χ4n) is 2.72. The Kier molecular flexibility index (Phi) is 2.64. The minimum Gasteiger partial charge on any atom is -0.300 e. The Morgan fingerprint density at radius 2 is 1.87 bits per heavy atom. The van der Waals surface area contributed by atoms with Crippen molar-refractivity contribution in [1.82, 2.24) is 0 Å². The van der Waals surface area contributed by atoms with Crippen molar-refractivity contribution in [3.63, 3.8) is 0 Å². The first-order valence-corrected chi connectivity index (χ1v) is 5.66. The lowest BCUT2D eigenvalue weighted by Crippen LogP contribution is -2.30. The van der Waals surface area contributed by atoms with E-state index >= 15 is 0 Å². The lowest BCUT2D eigenvalue weighted by Gasteiger charge is -2.38. The van der Waals surface area contributed by atoms with Crippen molar-refractivity contribution in [3.05, 3.63) is 35.9 Å². The summed E-state index contributed by atoms with van der Waals surface area (Å²) in [6.45, 7) is 4.42. The number of benzene rings is 1. The second-order valence-electron chi connectivity index (χ2n) is 5.21. The van der Waals surface area contributed by atoms with E-state index in [9.17, 15) is 4.79 Å². The highest BCUT2D eigenvalue weighted by Crippen LogP contribution is 2.45. The monoisotopic (exact) mass is 202 g/mol. The molecule has 1 saturated carbocycles. The maximum Gasteiger partial charge on any atom is 0.133 e. The maximum absolute atomic E-state index is 11.5. The van der Waals surface area contributed by atoms with E-state index in [4.69, 9.17) is 0 Å². The minimum absolute atomic E-state index is 0.122. The minimum atomic E-state index is 0.122. The predicted octanol–water partition coefficient (Wildman–Crippen LogP) is 3.55. The van der Waals surface area contributed by atoms with Gasteiger partial charge in [0.05, 0.1) is 0 Å². The van der Waals surface area contributed by atoms with Crippen LogP contribution in [-0.2, 0) is 4.79 Å². The zero-order chi connectivity index (χ0) is 10.9. The van der Waals surface area contributed by atoms with Gasteiger partial charge in [0.1, 0.15) is 5.78 Å². The van der Waals surface area contributed by atoms with Crippen LogP contribution in [0.3, 0.4) is 0 Å². The van der Waals surface area contributed by atoms with Crippen molar-refractivity contribution >= 4 is 5.78 Å². The van der Waals surface area contributed by atoms with Crippen LogP contribution in [0.1, 0.15) is 44.6 Å². The second-order valence-corrected chi connectivity index (χ2v) is 5.21. The van der Waals surface area contributed by atoms with Gasteiger partial charge in [-0.2, -0.15) is 0 Å². The summed E-state index contributed by atoms with van der Waals surface area (Å²) in [5, 5.41) is 0. The first-order chi connectivity index (χ1) is 7.09. The molecule has 0 aromatic heterocycles. The van der Waals surface area contributed by atoms with E-state index in [1.165, 1.54) is 5.56 Å². The molecule has 1 aromatic carbocycles. The third kappa shape index (κ3) is 2.11. The van der Waals surface area contributed by atoms with Gasteiger partial charge in [-0.1, -0.05) is 44.2 Å². The SMILES string of the molecule is CC1(C)CC(=O)CCC1c1ccccc1. The fraction of sp³-hybridized carbons (Fsp3) is 0.500. The van der Waals surface area contributed by atoms with Gasteiger partial charge in [0.15, 0.2) is 0 Å². The summed E-state index contributed by atoms with van der Waals surface area (Å²) in [7, 11) is 0. The summed E-state index contributed by atoms with van der Waals surface area (Å²) >= 11 is 0. The van der Waals surface area contributed by atoms with E-state index in [-0.39, 0.29) is 5.41 Å². The van der Waals surface area contributed by atoms with Crippen LogP contribution in [0.4, 0.5) is 0 Å². The lowest BCUT2D eigenvalue weighted by atomic mass is 9.66. The molecule has 1 atom stereocenters. The smallest absolute Gasteiger partial charge is 0.133 e. The van der Waals surface area contributed by atoms with Gasteiger partial charge in [-0.3, -0.25) is 4.79 Å². The molecule has 0 saturated heterocycles. The molecule has 1 aliphatic rings. The van der Waals surface area contributed by atoms with E-state index in [1.807, 2.05) is 6.07 Å². The summed E-state index contributed by atoms with van der Waals surface area (Å²) in [5.41, 5.74) is 1.51. The maximum atomic E-state index is 11.5. The number of hydrogen-bond donors (Lipinski definition) is 0. The Morgan fingerprint density at radius 1 is 1.20 bits per heavy atom. The number of carbonyl (C=O) groups excluding carboxylic acids is 1. The van der Waals surface area contributed by atoms with Crippen molar-refractivity contribution in [2.24, 2.45) is 5.41 Å². The molecule has 1 aliphatic carbocycles. The van der Waals surface area contributed by atoms with Gasteiger partial charge < -0.3 is 0 Å². The van der Waals surface area contributed by atoms with Gasteiger partial charge in [-0.15, -0.1) is 0 Å². The van der Waals surface area contributed by atoms with Gasteiger partial charge in [-0.05, 0) is 23.3 Å². The highest BCUT2D eigenvalue weighted by Gasteiger charge is 2.36. The van der Waals surface area contributed by atoms with Gasteiger partial charge in [0.2, 0.25) is 0 Å². The number of rotatable bonds is 1. The third-order valence-corrected chi connectivity index (χ3v) is 3.51. The molecule has 0 heterocycles. The molecule has 0 radical (unpaired) electrons. The molecule has 0 amide bonds. The molecule has 80 valence electrons. The summed E-state index contributed by atoms with van der Waals surface area (Å²) in [6, 6.07) is 10.6. The molecule has 1 unspecified atom stereocenters. The quantitative estimate of drug-likeness (QED) is 0.680. The Morgan fingerprint density at radius 3 is 2.47 bits per heavy atom. The van der Waals surface area contributed by atoms with Crippen LogP contribution in [0, 0.1) is 5.41 Å². The molecular formula is C14H18O. The van der Waals surface area contributed by atoms with Gasteiger partial charge >= 0.3 is 0 Å². The number of hydrogen-bond acceptors (Lipinski definition) is 1. The van der Waals surface area contributed by atoms with Crippen molar-refractivity contribution < 1.29 is 4.79 Å². The number of Topliss-reactive ketones (excluding diaryl/α,β-unsaturated/α-hetero) is 1. The van der Waals surface area contributed by atoms with Crippen molar-refractivity contribution in [2.45, 2.75) is 39.0 Å². The van der Waals surface area contributed by atoms with E-state index in [2.05, 4.69) is 38.1 Å². The lowest BCUT2D eigenvalue weighted by molar-refractivity contribution is -0.123. The second kappa shape index (κ2) is 3.80. The van der Waals surface area contributed by atoms with Crippen LogP contribution in [0.25, 0.3) is 0 Å². The zero-order valence-electron chi connectivity index (χ0n) is 9.49. The standard InChI is InChI=1S/C14H18O/c1-14(2)10-12(15)8-9-13(14)11-6-4-3-5-7-11/h3-7,13H,8-10H2,1-2H3. The van der Waals surface area contributed by atoms with E-state index in [0.717, 1.165) is 19.3 Å². The molecule has 1 nitrogen and oxygen atoms in total. The summed E-state index contributed by atoms with van der Waals surface area (Å²) in [5.74, 6) is 0.962. The average Bonchev–Trinajstić information content (AvgIpc) is 2.17. The largest absolute Gasteiger partial charge is 0.300 e. The van der Waals surface area contributed by atoms with Crippen LogP contribution in [0.15, 0.2) is 30.3 Å². The van der Waals surface area contributed by atoms with Crippen LogP contribution in [0.2, 0.25) is 0 Å². The predicted molar refractivity (Wildman–Crippen MR) is 61.8 cm³/mol. The van der Waals surface area contributed by atoms with E-state index in [0.29, 0.717) is 11.7 Å². The zero-order valence-corrected chi connectivity index (χ0v) is 9.49. The molecule has 15 heavy (non-hydrogen) atoms. The fourth-order valence-corrected chi connectivity index (χ4v) is 2.72. The van der Waals surface area contributed by atoms with Crippen LogP contribution >= 0.6 is 0 Å². The Labute approximate surface area is 91.5 Å². The van der Waals surface area contributed by atoms with Crippen LogP contribution < -0.4 is 0 Å². The van der Waals surface area contributed by atoms with Crippen LogP contribution in [0.5, 0.6) is 0 Å². The van der Waals surface area contributed by atoms with Crippen molar-refractivity contribution in [2.75, 3.05) is 0 Å². The molecule has 2 rings (SSSR count). The molecule has 1 aromatic rings. The van der Waals surface area contributed by atoms with Gasteiger partial charge in [0, 0.05) is 12.8 Å². The normalized spacial score (nSPS) is 25.2. The van der Waals surface area contributed by atoms with Crippen LogP contribution in [-0.4, -0.2) is 5.78 Å². The van der Waals surface area contributed by atoms with E-state index < -0.39 is 0 Å². The molecule has 0 N–H and O–H groups in total. The van der Waals surface area contributed by atoms with Crippen molar-refractivity contribution in [3.8, 4) is 0 Å². The summed E-state index contributed by atoms with van der Waals surface area (Å²) in [6.07, 6.45) is 2.49. The molecular weight excluding hydrogens is 184 g/mol. The Balaban J connectivity index is 2.26. The Hall–Kier alpha value is -1.11. The highest BCUT2D eigenvalue weighted by molar-refractivity contribution is 5.80. The molecule has 0 bridgehead atoms. The summed E-state index contributed by atoms with van der Waals surface area (Å²) < 4.78 is 0. The first kappa shape index (κ1) is 10.4. The number of ketones is 1. The van der Waals surface area contributed by atoms with Crippen molar-refractivity contribution in [1.29, 1.82) is 0 Å². The van der Waals surface area contributed by atoms with E-state index in [1.54, 1.807) is 0 Å². The Bertz CT molecular complexity index is 351. The highest BCUT2D eigenvalue weighted by atomic mass is 16.1. The van der Waals surface area contributed by atoms with Gasteiger partial charge in [0.25, 0.3) is 0 Å². The third-order valence-electron chi connectivity index (χ3n) is 3.51. The average molecular weight is 202 g/mol. The number of carbonyl (C=O) groups is 1. The summed E-state index contributed by atoms with van der Waals surface area (Å²) in [4.78, 5) is 11.5. The first-order valence-electron chi connectivity index (χ1n) is 5.66. The molecule has 1 fully saturated rings. The van der Waals surface area contributed by atoms with Gasteiger partial charge in [-0.25, -0.2) is 0 Å². The molecule has 1 heteroatoms. The topological polar surface area (TPSA) is 17.1 Å².